The van der Waals surface area contributed by atoms with E-state index in [4.69, 9.17) is 25.8 Å². The van der Waals surface area contributed by atoms with Crippen LogP contribution in [0.2, 0.25) is 5.02 Å². The number of amides is 1. The lowest BCUT2D eigenvalue weighted by Gasteiger charge is -2.37. The van der Waals surface area contributed by atoms with Crippen molar-refractivity contribution < 1.29 is 23.8 Å². The predicted octanol–water partition coefficient (Wildman–Crippen LogP) is 4.36. The fourth-order valence-corrected chi connectivity index (χ4v) is 4.52. The Hall–Kier alpha value is -2.83. The maximum absolute atomic E-state index is 14.0. The van der Waals surface area contributed by atoms with Gasteiger partial charge in [-0.05, 0) is 54.3 Å². The minimum absolute atomic E-state index is 0.0152. The Morgan fingerprint density at radius 3 is 2.52 bits per heavy atom. The van der Waals surface area contributed by atoms with Crippen LogP contribution in [0.4, 0.5) is 5.69 Å². The fraction of sp³-hybridized carbons (Fsp3) is 0.333. The minimum atomic E-state index is -1.52. The van der Waals surface area contributed by atoms with E-state index in [0.717, 1.165) is 11.1 Å². The number of benzene rings is 2. The maximum atomic E-state index is 14.0. The van der Waals surface area contributed by atoms with Gasteiger partial charge in [-0.15, -0.1) is 6.58 Å². The summed E-state index contributed by atoms with van der Waals surface area (Å²) in [5, 5.41) is 0.548. The molecule has 0 aromatic heterocycles. The number of anilines is 1. The van der Waals surface area contributed by atoms with Crippen molar-refractivity contribution in [2.24, 2.45) is 5.41 Å². The third kappa shape index (κ3) is 4.05. The van der Waals surface area contributed by atoms with E-state index in [1.807, 2.05) is 30.3 Å². The van der Waals surface area contributed by atoms with Crippen molar-refractivity contribution in [2.45, 2.75) is 18.8 Å². The summed E-state index contributed by atoms with van der Waals surface area (Å²) in [5.41, 5.74) is 0.791. The molecule has 0 fully saturated rings. The lowest BCUT2D eigenvalue weighted by Crippen LogP contribution is -2.52. The molecule has 3 rings (SSSR count). The summed E-state index contributed by atoms with van der Waals surface area (Å²) in [5.74, 6) is -0.850. The second-order valence-corrected chi connectivity index (χ2v) is 7.85. The van der Waals surface area contributed by atoms with Crippen LogP contribution in [0.1, 0.15) is 23.5 Å². The summed E-state index contributed by atoms with van der Waals surface area (Å²) in [4.78, 5) is 28.8. The Kier molecular flexibility index (Phi) is 7.03. The van der Waals surface area contributed by atoms with Crippen molar-refractivity contribution in [3.8, 4) is 5.75 Å². The molecule has 164 valence electrons. The molecule has 0 spiro atoms. The zero-order chi connectivity index (χ0) is 22.6. The number of esters is 1. The highest BCUT2D eigenvalue weighted by atomic mass is 35.5. The molecule has 2 aromatic rings. The number of hydrogen-bond donors (Lipinski definition) is 0. The Labute approximate surface area is 187 Å². The average molecular weight is 444 g/mol. The summed E-state index contributed by atoms with van der Waals surface area (Å²) in [7, 11) is 4.38. The Balaban J connectivity index is 2.30. The summed E-state index contributed by atoms with van der Waals surface area (Å²) < 4.78 is 15.8. The van der Waals surface area contributed by atoms with Gasteiger partial charge in [0, 0.05) is 23.7 Å². The first-order valence-electron chi connectivity index (χ1n) is 9.85. The Morgan fingerprint density at radius 2 is 1.94 bits per heavy atom. The van der Waals surface area contributed by atoms with Gasteiger partial charge < -0.3 is 14.2 Å². The molecule has 0 N–H and O–H groups in total. The standard InChI is InChI=1S/C24H26ClNO5/c1-5-12-24(23(28)31-4)20(16-6-9-19(30-3)10-7-16)14-17-13-18(25)8-11-21(17)26(15-29-2)22(24)27/h5-11,13,20H,1,12,14-15H2,2-4H3. The van der Waals surface area contributed by atoms with Crippen LogP contribution in [-0.4, -0.2) is 39.9 Å². The molecule has 0 aliphatic carbocycles. The number of carbonyl (C=O) groups excluding carboxylic acids is 2. The van der Waals surface area contributed by atoms with Crippen LogP contribution in [0.5, 0.6) is 5.75 Å². The zero-order valence-corrected chi connectivity index (χ0v) is 18.6. The van der Waals surface area contributed by atoms with Gasteiger partial charge in [0.1, 0.15) is 12.5 Å². The number of rotatable bonds is 7. The molecule has 31 heavy (non-hydrogen) atoms. The molecule has 2 atom stereocenters. The van der Waals surface area contributed by atoms with Crippen LogP contribution in [0, 0.1) is 5.41 Å². The zero-order valence-electron chi connectivity index (χ0n) is 17.9. The van der Waals surface area contributed by atoms with Gasteiger partial charge in [-0.3, -0.25) is 14.5 Å². The van der Waals surface area contributed by atoms with Gasteiger partial charge in [0.25, 0.3) is 0 Å². The van der Waals surface area contributed by atoms with Gasteiger partial charge in [0.2, 0.25) is 5.91 Å². The van der Waals surface area contributed by atoms with E-state index < -0.39 is 23.2 Å². The number of fused-ring (bicyclic) bond motifs is 1. The highest BCUT2D eigenvalue weighted by molar-refractivity contribution is 6.30. The molecule has 0 saturated heterocycles. The number of ether oxygens (including phenoxy) is 3. The van der Waals surface area contributed by atoms with Crippen LogP contribution in [-0.2, 0) is 25.5 Å². The van der Waals surface area contributed by atoms with Crippen molar-refractivity contribution in [1.82, 2.24) is 0 Å². The van der Waals surface area contributed by atoms with Crippen molar-refractivity contribution in [2.75, 3.05) is 33.0 Å². The molecule has 7 heteroatoms. The summed E-state index contributed by atoms with van der Waals surface area (Å²) in [6.45, 7) is 3.81. The van der Waals surface area contributed by atoms with Crippen LogP contribution in [0.15, 0.2) is 55.1 Å². The van der Waals surface area contributed by atoms with E-state index in [9.17, 15) is 9.59 Å². The van der Waals surface area contributed by atoms with E-state index in [-0.39, 0.29) is 13.2 Å². The van der Waals surface area contributed by atoms with Crippen LogP contribution in [0.3, 0.4) is 0 Å². The van der Waals surface area contributed by atoms with Crippen LogP contribution < -0.4 is 9.64 Å². The third-order valence-electron chi connectivity index (χ3n) is 5.77. The molecule has 0 saturated carbocycles. The number of allylic oxidation sites excluding steroid dienone is 1. The average Bonchev–Trinajstić information content (AvgIpc) is 2.88. The second-order valence-electron chi connectivity index (χ2n) is 7.41. The minimum Gasteiger partial charge on any atom is -0.497 e. The number of nitrogens with zero attached hydrogens (tertiary/aromatic N) is 1. The van der Waals surface area contributed by atoms with Gasteiger partial charge in [0.05, 0.1) is 14.2 Å². The third-order valence-corrected chi connectivity index (χ3v) is 6.01. The molecular formula is C24H26ClNO5. The van der Waals surface area contributed by atoms with E-state index in [2.05, 4.69) is 6.58 Å². The summed E-state index contributed by atoms with van der Waals surface area (Å²) >= 11 is 6.29. The van der Waals surface area contributed by atoms with E-state index in [1.54, 1.807) is 25.3 Å². The number of carbonyl (C=O) groups is 2. The molecular weight excluding hydrogens is 418 g/mol. The molecule has 2 aromatic carbocycles. The lowest BCUT2D eigenvalue weighted by atomic mass is 9.67. The highest BCUT2D eigenvalue weighted by Crippen LogP contribution is 2.49. The van der Waals surface area contributed by atoms with Gasteiger partial charge in [-0.25, -0.2) is 0 Å². The van der Waals surface area contributed by atoms with Gasteiger partial charge in [-0.1, -0.05) is 29.8 Å². The molecule has 1 heterocycles. The first kappa shape index (κ1) is 22.8. The molecule has 2 unspecified atom stereocenters. The Bertz CT molecular complexity index is 974. The van der Waals surface area contributed by atoms with Crippen molar-refractivity contribution in [3.63, 3.8) is 0 Å². The van der Waals surface area contributed by atoms with E-state index in [1.165, 1.54) is 19.1 Å². The molecule has 0 radical (unpaired) electrons. The first-order valence-corrected chi connectivity index (χ1v) is 10.2. The van der Waals surface area contributed by atoms with Gasteiger partial charge in [-0.2, -0.15) is 0 Å². The van der Waals surface area contributed by atoms with E-state index in [0.29, 0.717) is 22.9 Å². The summed E-state index contributed by atoms with van der Waals surface area (Å²) in [6, 6.07) is 12.7. The van der Waals surface area contributed by atoms with Crippen LogP contribution >= 0.6 is 11.6 Å². The van der Waals surface area contributed by atoms with Crippen molar-refractivity contribution >= 4 is 29.2 Å². The number of hydrogen-bond acceptors (Lipinski definition) is 5. The number of halogens is 1. The monoisotopic (exact) mass is 443 g/mol. The maximum Gasteiger partial charge on any atom is 0.322 e. The Morgan fingerprint density at radius 1 is 1.23 bits per heavy atom. The molecule has 0 bridgehead atoms. The molecule has 1 amide bonds. The van der Waals surface area contributed by atoms with Gasteiger partial charge in [0.15, 0.2) is 5.41 Å². The fourth-order valence-electron chi connectivity index (χ4n) is 4.32. The van der Waals surface area contributed by atoms with E-state index >= 15 is 0 Å². The van der Waals surface area contributed by atoms with Crippen LogP contribution in [0.25, 0.3) is 0 Å². The SMILES string of the molecule is C=CCC1(C(=O)OC)C(=O)N(COC)c2ccc(Cl)cc2CC1c1ccc(OC)cc1. The summed E-state index contributed by atoms with van der Waals surface area (Å²) in [6.07, 6.45) is 2.09. The molecule has 1 aliphatic rings. The first-order chi connectivity index (χ1) is 14.9. The predicted molar refractivity (Wildman–Crippen MR) is 120 cm³/mol. The smallest absolute Gasteiger partial charge is 0.322 e. The van der Waals surface area contributed by atoms with Gasteiger partial charge >= 0.3 is 5.97 Å². The van der Waals surface area contributed by atoms with Crippen molar-refractivity contribution in [3.05, 3.63) is 71.3 Å². The molecule has 6 nitrogen and oxygen atoms in total. The highest BCUT2D eigenvalue weighted by Gasteiger charge is 2.56. The quantitative estimate of drug-likeness (QED) is 0.361. The molecule has 1 aliphatic heterocycles. The second kappa shape index (κ2) is 9.54. The lowest BCUT2D eigenvalue weighted by molar-refractivity contribution is -0.159. The topological polar surface area (TPSA) is 65.1 Å². The number of methoxy groups -OCH3 is 3. The normalized spacial score (nSPS) is 20.6. The van der Waals surface area contributed by atoms with Crippen molar-refractivity contribution in [1.29, 1.82) is 0 Å². The largest absolute Gasteiger partial charge is 0.497 e.